The fraction of sp³-hybridized carbons (Fsp3) is 0.625. The molecule has 1 aromatic carbocycles. The summed E-state index contributed by atoms with van der Waals surface area (Å²) in [5.74, 6) is 2.78. The van der Waals surface area contributed by atoms with Crippen molar-refractivity contribution in [3.8, 4) is 0 Å². The molecule has 1 fully saturated rings. The molecular formula is C16H21N. The molecule has 0 aromatic heterocycles. The third-order valence-corrected chi connectivity index (χ3v) is 5.04. The average molecular weight is 227 g/mol. The zero-order chi connectivity index (χ0) is 11.2. The number of benzene rings is 1. The lowest BCUT2D eigenvalue weighted by Crippen LogP contribution is -2.17. The van der Waals surface area contributed by atoms with Gasteiger partial charge in [0.25, 0.3) is 0 Å². The van der Waals surface area contributed by atoms with E-state index in [1.165, 1.54) is 38.6 Å². The molecule has 1 heterocycles. The van der Waals surface area contributed by atoms with Gasteiger partial charge in [-0.3, -0.25) is 0 Å². The molecule has 17 heavy (non-hydrogen) atoms. The normalized spacial score (nSPS) is 31.8. The van der Waals surface area contributed by atoms with Crippen molar-refractivity contribution in [3.63, 3.8) is 0 Å². The Morgan fingerprint density at radius 3 is 2.82 bits per heavy atom. The first-order valence-corrected chi connectivity index (χ1v) is 7.26. The molecule has 1 aliphatic heterocycles. The van der Waals surface area contributed by atoms with Crippen molar-refractivity contribution in [3.05, 3.63) is 34.9 Å². The zero-order valence-corrected chi connectivity index (χ0v) is 10.4. The van der Waals surface area contributed by atoms with Crippen LogP contribution in [0.15, 0.2) is 18.2 Å². The Hall–Kier alpha value is -0.820. The van der Waals surface area contributed by atoms with E-state index in [2.05, 4.69) is 23.5 Å². The lowest BCUT2D eigenvalue weighted by molar-refractivity contribution is 0.437. The van der Waals surface area contributed by atoms with E-state index in [4.69, 9.17) is 0 Å². The van der Waals surface area contributed by atoms with Gasteiger partial charge in [0.2, 0.25) is 0 Å². The second kappa shape index (κ2) is 3.84. The predicted octanol–water partition coefficient (Wildman–Crippen LogP) is 3.55. The van der Waals surface area contributed by atoms with Crippen LogP contribution in [0.3, 0.4) is 0 Å². The molecule has 2 atom stereocenters. The van der Waals surface area contributed by atoms with Gasteiger partial charge in [-0.2, -0.15) is 0 Å². The third kappa shape index (κ3) is 1.63. The van der Waals surface area contributed by atoms with Crippen LogP contribution >= 0.6 is 0 Å². The Labute approximate surface area is 104 Å². The molecule has 0 bridgehead atoms. The van der Waals surface area contributed by atoms with Crippen molar-refractivity contribution in [1.82, 2.24) is 5.32 Å². The molecule has 1 aromatic rings. The SMILES string of the molecule is c1cc2c3c(c1)C(C1CC1)CCC3CCNC2. The summed E-state index contributed by atoms with van der Waals surface area (Å²) in [7, 11) is 0. The topological polar surface area (TPSA) is 12.0 Å². The van der Waals surface area contributed by atoms with E-state index < -0.39 is 0 Å². The highest BCUT2D eigenvalue weighted by atomic mass is 14.9. The van der Waals surface area contributed by atoms with E-state index in [-0.39, 0.29) is 0 Å². The van der Waals surface area contributed by atoms with Gasteiger partial charge in [-0.25, -0.2) is 0 Å². The van der Waals surface area contributed by atoms with Gasteiger partial charge in [0.15, 0.2) is 0 Å². The van der Waals surface area contributed by atoms with Gasteiger partial charge in [0.05, 0.1) is 0 Å². The highest BCUT2D eigenvalue weighted by molar-refractivity contribution is 5.43. The zero-order valence-electron chi connectivity index (χ0n) is 10.4. The van der Waals surface area contributed by atoms with Gasteiger partial charge >= 0.3 is 0 Å². The molecule has 1 saturated carbocycles. The number of nitrogens with one attached hydrogen (secondary N) is 1. The summed E-state index contributed by atoms with van der Waals surface area (Å²) in [5, 5.41) is 3.58. The monoisotopic (exact) mass is 227 g/mol. The van der Waals surface area contributed by atoms with Crippen LogP contribution in [0.5, 0.6) is 0 Å². The minimum atomic E-state index is 0.853. The molecule has 0 saturated heterocycles. The van der Waals surface area contributed by atoms with Gasteiger partial charge in [0, 0.05) is 6.54 Å². The van der Waals surface area contributed by atoms with E-state index in [9.17, 15) is 0 Å². The molecule has 1 heteroatoms. The Bertz CT molecular complexity index is 433. The lowest BCUT2D eigenvalue weighted by Gasteiger charge is -2.32. The van der Waals surface area contributed by atoms with E-state index >= 15 is 0 Å². The molecular weight excluding hydrogens is 206 g/mol. The standard InChI is InChI=1S/C16H21N/c1-2-13-10-17-9-8-12-6-7-14(11-4-5-11)15(3-1)16(12)13/h1-3,11-12,14,17H,4-10H2. The fourth-order valence-corrected chi connectivity index (χ4v) is 4.07. The Morgan fingerprint density at radius 2 is 1.94 bits per heavy atom. The molecule has 3 aliphatic rings. The quantitative estimate of drug-likeness (QED) is 0.773. The summed E-state index contributed by atoms with van der Waals surface area (Å²) in [6.45, 7) is 2.30. The highest BCUT2D eigenvalue weighted by Crippen LogP contribution is 2.52. The molecule has 1 N–H and O–H groups in total. The molecule has 2 aliphatic carbocycles. The summed E-state index contributed by atoms with van der Waals surface area (Å²) in [6, 6.07) is 7.07. The third-order valence-electron chi connectivity index (χ3n) is 5.04. The van der Waals surface area contributed by atoms with Crippen LogP contribution in [0.25, 0.3) is 0 Å². The maximum atomic E-state index is 3.58. The van der Waals surface area contributed by atoms with Crippen LogP contribution < -0.4 is 5.32 Å². The van der Waals surface area contributed by atoms with Crippen molar-refractivity contribution in [2.24, 2.45) is 5.92 Å². The average Bonchev–Trinajstić information content (AvgIpc) is 3.18. The minimum Gasteiger partial charge on any atom is -0.313 e. The van der Waals surface area contributed by atoms with Gasteiger partial charge in [-0.15, -0.1) is 0 Å². The van der Waals surface area contributed by atoms with Crippen LogP contribution in [-0.2, 0) is 6.54 Å². The number of rotatable bonds is 1. The van der Waals surface area contributed by atoms with Gasteiger partial charge < -0.3 is 5.32 Å². The first kappa shape index (κ1) is 10.1. The molecule has 2 unspecified atom stereocenters. The van der Waals surface area contributed by atoms with Crippen LogP contribution in [-0.4, -0.2) is 6.54 Å². The van der Waals surface area contributed by atoms with E-state index in [0.29, 0.717) is 0 Å². The van der Waals surface area contributed by atoms with Crippen molar-refractivity contribution in [2.75, 3.05) is 6.54 Å². The lowest BCUT2D eigenvalue weighted by atomic mass is 9.72. The first-order chi connectivity index (χ1) is 8.43. The van der Waals surface area contributed by atoms with Crippen LogP contribution in [0.2, 0.25) is 0 Å². The first-order valence-electron chi connectivity index (χ1n) is 7.26. The van der Waals surface area contributed by atoms with Crippen molar-refractivity contribution in [1.29, 1.82) is 0 Å². The fourth-order valence-electron chi connectivity index (χ4n) is 4.07. The van der Waals surface area contributed by atoms with Crippen molar-refractivity contribution in [2.45, 2.75) is 50.5 Å². The highest BCUT2D eigenvalue weighted by Gasteiger charge is 2.38. The maximum Gasteiger partial charge on any atom is 0.0208 e. The summed E-state index contributed by atoms with van der Waals surface area (Å²) in [6.07, 6.45) is 7.20. The summed E-state index contributed by atoms with van der Waals surface area (Å²) in [4.78, 5) is 0. The predicted molar refractivity (Wildman–Crippen MR) is 70.2 cm³/mol. The molecule has 0 radical (unpaired) electrons. The summed E-state index contributed by atoms with van der Waals surface area (Å²) in [5.41, 5.74) is 5.07. The number of hydrogen-bond donors (Lipinski definition) is 1. The van der Waals surface area contributed by atoms with Crippen LogP contribution in [0, 0.1) is 5.92 Å². The largest absolute Gasteiger partial charge is 0.313 e. The molecule has 4 rings (SSSR count). The van der Waals surface area contributed by atoms with Crippen molar-refractivity contribution >= 4 is 0 Å². The van der Waals surface area contributed by atoms with E-state index in [0.717, 1.165) is 24.3 Å². The van der Waals surface area contributed by atoms with Gasteiger partial charge in [0.1, 0.15) is 0 Å². The molecule has 0 spiro atoms. The molecule has 0 amide bonds. The Kier molecular flexibility index (Phi) is 2.29. The van der Waals surface area contributed by atoms with E-state index in [1.807, 2.05) is 0 Å². The molecule has 90 valence electrons. The summed E-state index contributed by atoms with van der Waals surface area (Å²) < 4.78 is 0. The molecule has 1 nitrogen and oxygen atoms in total. The van der Waals surface area contributed by atoms with Crippen LogP contribution in [0.1, 0.15) is 60.6 Å². The Balaban J connectivity index is 1.83. The maximum absolute atomic E-state index is 3.58. The minimum absolute atomic E-state index is 0.853. The van der Waals surface area contributed by atoms with Crippen molar-refractivity contribution < 1.29 is 0 Å². The van der Waals surface area contributed by atoms with Crippen LogP contribution in [0.4, 0.5) is 0 Å². The second-order valence-electron chi connectivity index (χ2n) is 6.10. The Morgan fingerprint density at radius 1 is 1.00 bits per heavy atom. The summed E-state index contributed by atoms with van der Waals surface area (Å²) >= 11 is 0. The van der Waals surface area contributed by atoms with E-state index in [1.54, 1.807) is 16.7 Å². The number of hydrogen-bond acceptors (Lipinski definition) is 1. The van der Waals surface area contributed by atoms with Gasteiger partial charge in [-0.05, 0) is 73.1 Å². The smallest absolute Gasteiger partial charge is 0.0208 e. The van der Waals surface area contributed by atoms with Gasteiger partial charge in [-0.1, -0.05) is 18.2 Å². The second-order valence-corrected chi connectivity index (χ2v) is 6.10.